The van der Waals surface area contributed by atoms with Crippen LogP contribution in [0.25, 0.3) is 0 Å². The number of amides is 2. The molecule has 0 spiro atoms. The molecule has 0 atom stereocenters. The third-order valence-corrected chi connectivity index (χ3v) is 5.12. The van der Waals surface area contributed by atoms with E-state index in [9.17, 15) is 19.5 Å². The predicted octanol–water partition coefficient (Wildman–Crippen LogP) is 2.19. The van der Waals surface area contributed by atoms with Gasteiger partial charge in [0.2, 0.25) is 11.8 Å². The van der Waals surface area contributed by atoms with E-state index in [0.717, 1.165) is 18.4 Å². The molecule has 6 nitrogen and oxygen atoms in total. The number of carbonyl (C=O) groups is 3. The van der Waals surface area contributed by atoms with Crippen molar-refractivity contribution in [3.8, 4) is 0 Å². The number of hydrogen-bond acceptors (Lipinski definition) is 3. The van der Waals surface area contributed by atoms with Crippen LogP contribution in [0.2, 0.25) is 0 Å². The molecular formula is C20H28N2O4. The summed E-state index contributed by atoms with van der Waals surface area (Å²) in [6.45, 7) is 3.89. The molecule has 0 heterocycles. The van der Waals surface area contributed by atoms with E-state index in [1.54, 1.807) is 0 Å². The van der Waals surface area contributed by atoms with E-state index in [4.69, 9.17) is 0 Å². The molecule has 26 heavy (non-hydrogen) atoms. The fourth-order valence-corrected chi connectivity index (χ4v) is 3.24. The molecule has 142 valence electrons. The van der Waals surface area contributed by atoms with E-state index in [-0.39, 0.29) is 18.9 Å². The molecular weight excluding hydrogens is 332 g/mol. The Hall–Kier alpha value is -2.37. The number of aliphatic carboxylic acids is 1. The average Bonchev–Trinajstić information content (AvgIpc) is 2.61. The molecule has 2 rings (SSSR count). The summed E-state index contributed by atoms with van der Waals surface area (Å²) < 4.78 is 0. The zero-order valence-corrected chi connectivity index (χ0v) is 15.5. The number of benzene rings is 1. The highest BCUT2D eigenvalue weighted by Gasteiger charge is 2.42. The van der Waals surface area contributed by atoms with Crippen molar-refractivity contribution in [2.45, 2.75) is 57.9 Å². The highest BCUT2D eigenvalue weighted by Crippen LogP contribution is 2.32. The molecule has 1 saturated carbocycles. The summed E-state index contributed by atoms with van der Waals surface area (Å²) in [5, 5.41) is 14.7. The van der Waals surface area contributed by atoms with E-state index in [0.29, 0.717) is 25.2 Å². The van der Waals surface area contributed by atoms with Crippen molar-refractivity contribution < 1.29 is 19.5 Å². The molecule has 0 saturated heterocycles. The minimum Gasteiger partial charge on any atom is -0.480 e. The second kappa shape index (κ2) is 8.83. The lowest BCUT2D eigenvalue weighted by Crippen LogP contribution is -2.58. The maximum absolute atomic E-state index is 12.1. The van der Waals surface area contributed by atoms with Gasteiger partial charge in [-0.1, -0.05) is 36.8 Å². The van der Waals surface area contributed by atoms with Crippen molar-refractivity contribution in [2.75, 3.05) is 6.54 Å². The average molecular weight is 360 g/mol. The Morgan fingerprint density at radius 2 is 1.73 bits per heavy atom. The molecule has 1 fully saturated rings. The van der Waals surface area contributed by atoms with Crippen molar-refractivity contribution in [1.29, 1.82) is 0 Å². The maximum atomic E-state index is 12.1. The highest BCUT2D eigenvalue weighted by molar-refractivity contribution is 5.90. The number of aryl methyl sites for hydroxylation is 2. The minimum atomic E-state index is -1.20. The zero-order chi connectivity index (χ0) is 19.2. The third-order valence-electron chi connectivity index (χ3n) is 5.12. The fraction of sp³-hybridized carbons (Fsp3) is 0.550. The van der Waals surface area contributed by atoms with Crippen LogP contribution in [-0.4, -0.2) is 35.0 Å². The quantitative estimate of drug-likeness (QED) is 0.694. The fourth-order valence-electron chi connectivity index (χ4n) is 3.24. The summed E-state index contributed by atoms with van der Waals surface area (Å²) in [6.07, 6.45) is 3.29. The number of carboxylic acids is 1. The number of carbonyl (C=O) groups excluding carboxylic acids is 2. The zero-order valence-electron chi connectivity index (χ0n) is 15.5. The molecule has 0 aromatic heterocycles. The predicted molar refractivity (Wildman–Crippen MR) is 98.7 cm³/mol. The smallest absolute Gasteiger partial charge is 0.329 e. The monoisotopic (exact) mass is 360 g/mol. The van der Waals surface area contributed by atoms with E-state index in [1.165, 1.54) is 5.56 Å². The van der Waals surface area contributed by atoms with Crippen molar-refractivity contribution in [3.63, 3.8) is 0 Å². The molecule has 1 aromatic rings. The highest BCUT2D eigenvalue weighted by atomic mass is 16.4. The van der Waals surface area contributed by atoms with Gasteiger partial charge in [0.05, 0.1) is 6.54 Å². The second-order valence-electron chi connectivity index (χ2n) is 7.38. The first-order valence-electron chi connectivity index (χ1n) is 9.17. The molecule has 6 heteroatoms. The molecule has 2 amide bonds. The summed E-state index contributed by atoms with van der Waals surface area (Å²) in [5.74, 6) is -1.20. The van der Waals surface area contributed by atoms with E-state index in [1.807, 2.05) is 31.2 Å². The maximum Gasteiger partial charge on any atom is 0.329 e. The van der Waals surface area contributed by atoms with Gasteiger partial charge in [0.15, 0.2) is 0 Å². The molecule has 1 aliphatic rings. The van der Waals surface area contributed by atoms with Gasteiger partial charge in [-0.25, -0.2) is 4.79 Å². The van der Waals surface area contributed by atoms with Crippen LogP contribution in [0.4, 0.5) is 0 Å². The third kappa shape index (κ3) is 5.58. The Morgan fingerprint density at radius 1 is 1.12 bits per heavy atom. The van der Waals surface area contributed by atoms with Gasteiger partial charge in [0, 0.05) is 6.42 Å². The Morgan fingerprint density at radius 3 is 2.31 bits per heavy atom. The van der Waals surface area contributed by atoms with Crippen LogP contribution in [0.15, 0.2) is 24.3 Å². The molecule has 3 N–H and O–H groups in total. The van der Waals surface area contributed by atoms with Crippen LogP contribution >= 0.6 is 0 Å². The van der Waals surface area contributed by atoms with E-state index >= 15 is 0 Å². The standard InChI is InChI=1S/C20H28N2O4/c1-14-3-5-16(6-4-14)7-8-17(23)21-13-18(24)22-20(19(25)26)11-9-15(2)10-12-20/h3-6,15H,7-13H2,1-2H3,(H,21,23)(H,22,24)(H,25,26). The van der Waals surface area contributed by atoms with Crippen molar-refractivity contribution >= 4 is 17.8 Å². The van der Waals surface area contributed by atoms with Crippen LogP contribution in [0.1, 0.15) is 50.2 Å². The van der Waals surface area contributed by atoms with Crippen LogP contribution in [0.3, 0.4) is 0 Å². The Kier molecular flexibility index (Phi) is 6.77. The Balaban J connectivity index is 1.77. The number of hydrogen-bond donors (Lipinski definition) is 3. The van der Waals surface area contributed by atoms with E-state index < -0.39 is 17.4 Å². The molecule has 0 bridgehead atoms. The lowest BCUT2D eigenvalue weighted by Gasteiger charge is -2.36. The summed E-state index contributed by atoms with van der Waals surface area (Å²) in [5.41, 5.74) is 1.03. The first kappa shape index (κ1) is 19.9. The van der Waals surface area contributed by atoms with Gasteiger partial charge >= 0.3 is 5.97 Å². The van der Waals surface area contributed by atoms with Crippen LogP contribution in [-0.2, 0) is 20.8 Å². The Bertz CT molecular complexity index is 646. The first-order valence-corrected chi connectivity index (χ1v) is 9.17. The number of carboxylic acid groups (broad SMARTS) is 1. The lowest BCUT2D eigenvalue weighted by molar-refractivity contribution is -0.149. The molecule has 0 radical (unpaired) electrons. The minimum absolute atomic E-state index is 0.197. The number of nitrogens with one attached hydrogen (secondary N) is 2. The second-order valence-corrected chi connectivity index (χ2v) is 7.38. The van der Waals surface area contributed by atoms with Gasteiger partial charge < -0.3 is 15.7 Å². The molecule has 1 aliphatic carbocycles. The summed E-state index contributed by atoms with van der Waals surface area (Å²) in [6, 6.07) is 7.96. The topological polar surface area (TPSA) is 95.5 Å². The van der Waals surface area contributed by atoms with Gasteiger partial charge in [0.1, 0.15) is 5.54 Å². The molecule has 0 aliphatic heterocycles. The van der Waals surface area contributed by atoms with Crippen molar-refractivity contribution in [1.82, 2.24) is 10.6 Å². The van der Waals surface area contributed by atoms with Gasteiger partial charge in [0.25, 0.3) is 0 Å². The van der Waals surface area contributed by atoms with Crippen molar-refractivity contribution in [2.24, 2.45) is 5.92 Å². The largest absolute Gasteiger partial charge is 0.480 e. The van der Waals surface area contributed by atoms with Crippen LogP contribution in [0, 0.1) is 12.8 Å². The van der Waals surface area contributed by atoms with Crippen LogP contribution < -0.4 is 10.6 Å². The summed E-state index contributed by atoms with van der Waals surface area (Å²) >= 11 is 0. The molecule has 1 aromatic carbocycles. The molecule has 0 unspecified atom stereocenters. The summed E-state index contributed by atoms with van der Waals surface area (Å²) in [4.78, 5) is 35.7. The van der Waals surface area contributed by atoms with Crippen LogP contribution in [0.5, 0.6) is 0 Å². The van der Waals surface area contributed by atoms with Gasteiger partial charge in [-0.05, 0) is 50.5 Å². The van der Waals surface area contributed by atoms with Gasteiger partial charge in [-0.3, -0.25) is 9.59 Å². The van der Waals surface area contributed by atoms with E-state index in [2.05, 4.69) is 17.6 Å². The first-order chi connectivity index (χ1) is 12.3. The Labute approximate surface area is 154 Å². The van der Waals surface area contributed by atoms with Gasteiger partial charge in [-0.15, -0.1) is 0 Å². The SMILES string of the molecule is Cc1ccc(CCC(=O)NCC(=O)NC2(C(=O)O)CCC(C)CC2)cc1. The van der Waals surface area contributed by atoms with Crippen molar-refractivity contribution in [3.05, 3.63) is 35.4 Å². The lowest BCUT2D eigenvalue weighted by atomic mass is 9.77. The summed E-state index contributed by atoms with van der Waals surface area (Å²) in [7, 11) is 0. The number of rotatable bonds is 7. The normalized spacial score (nSPS) is 22.5. The van der Waals surface area contributed by atoms with Gasteiger partial charge in [-0.2, -0.15) is 0 Å².